The molecule has 0 aromatic rings. The summed E-state index contributed by atoms with van der Waals surface area (Å²) in [5.41, 5.74) is 0. The number of ether oxygens (including phenoxy) is 6. The van der Waals surface area contributed by atoms with Crippen LogP contribution in [0.2, 0.25) is 0 Å². The molecule has 4 aliphatic heterocycles. The summed E-state index contributed by atoms with van der Waals surface area (Å²) in [5.74, 6) is -9.06. The molecule has 0 amide bonds. The van der Waals surface area contributed by atoms with Crippen molar-refractivity contribution < 1.29 is 186 Å². The van der Waals surface area contributed by atoms with E-state index in [1.54, 1.807) is 58.8 Å². The normalized spacial score (nSPS) is 19.7. The molecule has 58 nitrogen and oxygen atoms in total. The van der Waals surface area contributed by atoms with Crippen molar-refractivity contribution in [2.45, 2.75) is 24.4 Å². The second kappa shape index (κ2) is 69.7. The molecule has 4 saturated heterocycles. The minimum atomic E-state index is -4.89. The number of nitrogens with zero attached hydrogens (tertiary/aromatic N) is 20. The van der Waals surface area contributed by atoms with Crippen molar-refractivity contribution in [3.63, 3.8) is 0 Å². The third-order valence-corrected chi connectivity index (χ3v) is 23.4. The monoisotopic (exact) mass is 2000 g/mol. The smallest absolute Gasteiger partial charge is 0.339 e. The van der Waals surface area contributed by atoms with Crippen molar-refractivity contribution in [3.8, 4) is 0 Å². The molecule has 0 aromatic heterocycles. The number of hydrogen-bond acceptors (Lipinski definition) is 46. The van der Waals surface area contributed by atoms with E-state index in [4.69, 9.17) is 28.4 Å². The Kier molecular flexibility index (Phi) is 62.6. The number of aliphatic hydroxyl groups is 4. The van der Waals surface area contributed by atoms with Crippen LogP contribution in [0, 0.1) is 0 Å². The Labute approximate surface area is 787 Å². The van der Waals surface area contributed by atoms with Gasteiger partial charge in [0.15, 0.2) is 0 Å². The van der Waals surface area contributed by atoms with Gasteiger partial charge in [0.05, 0.1) is 90.1 Å². The topological polar surface area (TPSA) is 717 Å². The van der Waals surface area contributed by atoms with Gasteiger partial charge in [-0.1, -0.05) is 0 Å². The minimum absolute atomic E-state index is 0.0133. The molecule has 0 aromatic carbocycles. The zero-order valence-electron chi connectivity index (χ0n) is 76.8. The Hall–Kier alpha value is -8.08. The summed E-state index contributed by atoms with van der Waals surface area (Å²) in [5, 5.41) is 123. The van der Waals surface area contributed by atoms with Crippen molar-refractivity contribution in [3.05, 3.63) is 0 Å². The predicted molar refractivity (Wildman–Crippen MR) is 471 cm³/mol. The molecular weight excluding hydrogens is 1860 g/mol. The van der Waals surface area contributed by atoms with E-state index in [0.29, 0.717) is 78.4 Å². The Morgan fingerprint density at radius 3 is 0.515 bits per heavy atom. The highest BCUT2D eigenvalue weighted by Gasteiger charge is 2.33. The number of rotatable bonds is 58. The molecular formula is C76H142N20O38P2. The first-order valence-corrected chi connectivity index (χ1v) is 47.5. The second-order valence-electron chi connectivity index (χ2n) is 33.3. The van der Waals surface area contributed by atoms with Gasteiger partial charge in [0.2, 0.25) is 0 Å². The van der Waals surface area contributed by atoms with Crippen molar-refractivity contribution in [1.82, 2.24) is 98.0 Å². The Morgan fingerprint density at radius 2 is 0.375 bits per heavy atom. The van der Waals surface area contributed by atoms with Crippen LogP contribution in [-0.4, -0.2) is 670 Å². The highest BCUT2D eigenvalue weighted by atomic mass is 31.2. The number of aliphatic hydroxyl groups excluding tert-OH is 4. The maximum absolute atomic E-state index is 12.4. The molecule has 0 saturated carbocycles. The van der Waals surface area contributed by atoms with Crippen LogP contribution in [0.1, 0.15) is 0 Å². The first-order chi connectivity index (χ1) is 64.5. The first-order valence-electron chi connectivity index (χ1n) is 43.9. The van der Waals surface area contributed by atoms with E-state index in [1.807, 2.05) is 19.6 Å². The highest BCUT2D eigenvalue weighted by Crippen LogP contribution is 2.38. The molecule has 16 N–H and O–H groups in total. The van der Waals surface area contributed by atoms with Crippen LogP contribution >= 0.6 is 15.2 Å². The summed E-state index contributed by atoms with van der Waals surface area (Å²) in [6.07, 6.45) is -7.05. The lowest BCUT2D eigenvalue weighted by Gasteiger charge is -2.36. The lowest BCUT2D eigenvalue weighted by molar-refractivity contribution is -0.142. The number of carboxylic acids is 8. The molecule has 784 valence electrons. The SMILES string of the molecule is O=COCN1CCN(COC=O)CCN(CC(O)CN(CC(=O)O)CN(CC(=O)O)CC(O)CN2CCN(COC=O)CCN(CC(=O)O)CCN(CC(=O)O)CC2)CCN(CC(=O)O)CC1.O=COCN1CCN(COC=O)CCN(CC(O)CN(CN(CC(O)CN2CCN(COC=O)CCN(CC(=O)O)CCN(CC(=O)O)CC2)CP(=O)(O)O)CP(=O)(O)O)CCN(CC(=O)O)CC1. The van der Waals surface area contributed by atoms with Gasteiger partial charge in [-0.05, 0) is 0 Å². The van der Waals surface area contributed by atoms with Gasteiger partial charge in [-0.3, -0.25) is 174 Å². The summed E-state index contributed by atoms with van der Waals surface area (Å²) in [6, 6.07) is 0. The van der Waals surface area contributed by atoms with Crippen LogP contribution < -0.4 is 0 Å². The molecule has 0 spiro atoms. The molecule has 4 fully saturated rings. The van der Waals surface area contributed by atoms with Gasteiger partial charge in [-0.15, -0.1) is 0 Å². The largest absolute Gasteiger partial charge is 0.480 e. The Balaban J connectivity index is 0.000000700. The maximum Gasteiger partial charge on any atom is 0.339 e. The summed E-state index contributed by atoms with van der Waals surface area (Å²) in [6.45, 7) is 3.83. The molecule has 0 bridgehead atoms. The van der Waals surface area contributed by atoms with E-state index in [2.05, 4.69) is 0 Å². The van der Waals surface area contributed by atoms with E-state index >= 15 is 0 Å². The van der Waals surface area contributed by atoms with Gasteiger partial charge in [0, 0.05) is 262 Å². The lowest BCUT2D eigenvalue weighted by Crippen LogP contribution is -2.52. The number of carboxylic acid groups (broad SMARTS) is 8. The fourth-order valence-corrected chi connectivity index (χ4v) is 16.9. The van der Waals surface area contributed by atoms with Crippen LogP contribution in [0.15, 0.2) is 0 Å². The molecule has 4 atom stereocenters. The number of β-amino-alcohol motifs (C(OH)–C–C–N with tert-alkyl or cyclic N) is 4. The quantitative estimate of drug-likeness (QED) is 0.0116. The molecule has 60 heteroatoms. The number of carbonyl (C=O) groups is 14. The van der Waals surface area contributed by atoms with Crippen molar-refractivity contribution in [1.29, 1.82) is 0 Å². The third-order valence-electron chi connectivity index (χ3n) is 21.9. The van der Waals surface area contributed by atoms with Gasteiger partial charge in [0.25, 0.3) is 38.8 Å². The van der Waals surface area contributed by atoms with Crippen molar-refractivity contribution >= 4 is 102 Å². The summed E-state index contributed by atoms with van der Waals surface area (Å²) < 4.78 is 54.6. The number of aliphatic carboxylic acids is 8. The number of hydrogen-bond donors (Lipinski definition) is 16. The third kappa shape index (κ3) is 62.1. The Morgan fingerprint density at radius 1 is 0.235 bits per heavy atom. The standard InChI is InChI=1S/C39H70N10O18.C37H72N10O20P2/c50-30-65-27-45-11-7-40(1-3-42(21-35(55)56)5-6-44(9-13-45)23-37(59)60)17-33(53)19-48(24-38(61)62)26-49(25-39(63)64)20-34(54)18-41-2-4-43(22-36(57)58)10-14-47(29-67-32-52)16-15-46(12-8-41)28-66-31-51;48-30-65-25-43-11-7-38(1-3-40(21-35(53)54)5-6-42(9-13-43)23-37(57)58)17-33(51)19-46(28-68(59,60)61)24-47(29-69(62,63)64)20-34(52)18-39-2-4-41(22-36(55)56)10-14-45(27-67-32-50)16-15-44(12-8-39)26-66-31-49/h30-34,53-54H,1-29H2,(H,55,56)(H,57,58)(H,59,60)(H,61,62)(H,63,64);30-34,51-52H,1-29H2,(H,53,54)(H,55,56)(H,57,58)(H2,59,60,61)(H2,62,63,64). The average Bonchev–Trinajstić information content (AvgIpc) is 0.871. The molecule has 0 aliphatic carbocycles. The fourth-order valence-electron chi connectivity index (χ4n) is 15.5. The zero-order valence-corrected chi connectivity index (χ0v) is 78.6. The Bertz CT molecular complexity index is 3590. The molecule has 4 heterocycles. The highest BCUT2D eigenvalue weighted by molar-refractivity contribution is 7.51. The van der Waals surface area contributed by atoms with Crippen LogP contribution in [0.5, 0.6) is 0 Å². The van der Waals surface area contributed by atoms with Crippen LogP contribution in [0.4, 0.5) is 0 Å². The van der Waals surface area contributed by atoms with Gasteiger partial charge in [0.1, 0.15) is 53.0 Å². The van der Waals surface area contributed by atoms with Gasteiger partial charge < -0.3 is 109 Å². The molecule has 136 heavy (non-hydrogen) atoms. The van der Waals surface area contributed by atoms with E-state index in [-0.39, 0.29) is 295 Å². The van der Waals surface area contributed by atoms with Crippen molar-refractivity contribution in [2.24, 2.45) is 0 Å². The van der Waals surface area contributed by atoms with Crippen LogP contribution in [0.25, 0.3) is 0 Å². The average molecular weight is 2010 g/mol. The molecule has 4 unspecified atom stereocenters. The van der Waals surface area contributed by atoms with E-state index in [1.165, 1.54) is 9.80 Å². The molecule has 4 aliphatic rings. The predicted octanol–water partition coefficient (Wildman–Crippen LogP) is -12.8. The molecule has 4 rings (SSSR count). The summed E-state index contributed by atoms with van der Waals surface area (Å²) >= 11 is 0. The van der Waals surface area contributed by atoms with E-state index in [9.17, 15) is 157 Å². The second-order valence-corrected chi connectivity index (χ2v) is 36.5. The van der Waals surface area contributed by atoms with Gasteiger partial charge in [-0.2, -0.15) is 0 Å². The van der Waals surface area contributed by atoms with Gasteiger partial charge >= 0.3 is 62.9 Å². The van der Waals surface area contributed by atoms with E-state index < -0.39 is 133 Å². The zero-order chi connectivity index (χ0) is 101. The molecule has 0 radical (unpaired) electrons. The maximum atomic E-state index is 12.4. The number of carbonyl (C=O) groups excluding carboxylic acids is 6. The summed E-state index contributed by atoms with van der Waals surface area (Å²) in [7, 11) is -9.78. The minimum Gasteiger partial charge on any atom is -0.480 e. The van der Waals surface area contributed by atoms with Crippen LogP contribution in [0.3, 0.4) is 0 Å². The summed E-state index contributed by atoms with van der Waals surface area (Å²) in [4.78, 5) is 233. The lowest BCUT2D eigenvalue weighted by atomic mass is 10.2. The van der Waals surface area contributed by atoms with Gasteiger partial charge in [-0.25, -0.2) is 0 Å². The fraction of sp³-hybridized carbons (Fsp3) is 0.816. The van der Waals surface area contributed by atoms with Crippen LogP contribution in [-0.2, 0) is 105 Å². The van der Waals surface area contributed by atoms with Crippen molar-refractivity contribution in [2.75, 3.05) is 380 Å². The van der Waals surface area contributed by atoms with E-state index in [0.717, 1.165) is 9.80 Å². The first kappa shape index (κ1) is 122.